The lowest BCUT2D eigenvalue weighted by molar-refractivity contribution is 0.201. The summed E-state index contributed by atoms with van der Waals surface area (Å²) in [6, 6.07) is 22.9. The van der Waals surface area contributed by atoms with Crippen LogP contribution in [0.3, 0.4) is 0 Å². The van der Waals surface area contributed by atoms with Crippen molar-refractivity contribution in [1.82, 2.24) is 4.90 Å². The van der Waals surface area contributed by atoms with E-state index in [-0.39, 0.29) is 6.03 Å². The van der Waals surface area contributed by atoms with Crippen LogP contribution in [0.25, 0.3) is 0 Å². The van der Waals surface area contributed by atoms with Gasteiger partial charge in [-0.15, -0.1) is 0 Å². The second kappa shape index (κ2) is 7.31. The van der Waals surface area contributed by atoms with Crippen molar-refractivity contribution in [2.75, 3.05) is 5.32 Å². The van der Waals surface area contributed by atoms with Crippen LogP contribution in [0, 0.1) is 0 Å². The fourth-order valence-corrected chi connectivity index (χ4v) is 2.32. The molecule has 1 N–H and O–H groups in total. The van der Waals surface area contributed by atoms with E-state index in [4.69, 9.17) is 4.42 Å². The average molecular weight is 306 g/mol. The molecule has 2 amide bonds. The Kier molecular flexibility index (Phi) is 4.74. The highest BCUT2D eigenvalue weighted by Crippen LogP contribution is 2.13. The number of hydrogen-bond donors (Lipinski definition) is 1. The number of urea groups is 1. The summed E-state index contributed by atoms with van der Waals surface area (Å²) in [5, 5.41) is 2.92. The van der Waals surface area contributed by atoms with Gasteiger partial charge in [-0.1, -0.05) is 48.5 Å². The number of carbonyl (C=O) groups is 1. The molecule has 4 heteroatoms. The minimum atomic E-state index is -0.156. The third-order valence-corrected chi connectivity index (χ3v) is 3.46. The first-order valence-electron chi connectivity index (χ1n) is 7.48. The Morgan fingerprint density at radius 1 is 0.870 bits per heavy atom. The number of nitrogens with zero attached hydrogens (tertiary/aromatic N) is 1. The van der Waals surface area contributed by atoms with E-state index in [1.54, 1.807) is 11.2 Å². The zero-order valence-corrected chi connectivity index (χ0v) is 12.7. The molecule has 0 fully saturated rings. The molecule has 1 heterocycles. The standard InChI is InChI=1S/C19H18N2O2/c22-19(20-17-10-5-2-6-11-17)21(15-18-12-7-13-23-18)14-16-8-3-1-4-9-16/h1-13H,14-15H2,(H,20,22). The summed E-state index contributed by atoms with van der Waals surface area (Å²) in [7, 11) is 0. The van der Waals surface area contributed by atoms with Crippen LogP contribution in [-0.4, -0.2) is 10.9 Å². The van der Waals surface area contributed by atoms with Crippen LogP contribution < -0.4 is 5.32 Å². The zero-order valence-electron chi connectivity index (χ0n) is 12.7. The van der Waals surface area contributed by atoms with Crippen molar-refractivity contribution >= 4 is 11.7 Å². The highest BCUT2D eigenvalue weighted by atomic mass is 16.3. The van der Waals surface area contributed by atoms with Crippen LogP contribution in [0.1, 0.15) is 11.3 Å². The van der Waals surface area contributed by atoms with Gasteiger partial charge < -0.3 is 14.6 Å². The lowest BCUT2D eigenvalue weighted by Gasteiger charge is -2.22. The number of para-hydroxylation sites is 1. The van der Waals surface area contributed by atoms with Gasteiger partial charge in [0, 0.05) is 12.2 Å². The number of furan rings is 1. The van der Waals surface area contributed by atoms with Gasteiger partial charge in [-0.25, -0.2) is 4.79 Å². The predicted octanol–water partition coefficient (Wildman–Crippen LogP) is 4.51. The monoisotopic (exact) mass is 306 g/mol. The smallest absolute Gasteiger partial charge is 0.322 e. The summed E-state index contributed by atoms with van der Waals surface area (Å²) in [4.78, 5) is 14.3. The Hall–Kier alpha value is -3.01. The lowest BCUT2D eigenvalue weighted by Crippen LogP contribution is -2.33. The van der Waals surface area contributed by atoms with Crippen molar-refractivity contribution in [2.24, 2.45) is 0 Å². The van der Waals surface area contributed by atoms with Crippen molar-refractivity contribution < 1.29 is 9.21 Å². The molecule has 0 bridgehead atoms. The molecule has 0 aliphatic rings. The van der Waals surface area contributed by atoms with Crippen LogP contribution in [0.4, 0.5) is 10.5 Å². The molecule has 0 aliphatic heterocycles. The molecular weight excluding hydrogens is 288 g/mol. The fourth-order valence-electron chi connectivity index (χ4n) is 2.32. The van der Waals surface area contributed by atoms with Crippen LogP contribution in [0.5, 0.6) is 0 Å². The number of hydrogen-bond acceptors (Lipinski definition) is 2. The van der Waals surface area contributed by atoms with Crippen molar-refractivity contribution in [3.63, 3.8) is 0 Å². The topological polar surface area (TPSA) is 45.5 Å². The van der Waals surface area contributed by atoms with Crippen LogP contribution >= 0.6 is 0 Å². The zero-order chi connectivity index (χ0) is 15.9. The van der Waals surface area contributed by atoms with Crippen molar-refractivity contribution in [2.45, 2.75) is 13.1 Å². The Labute approximate surface area is 135 Å². The molecule has 0 radical (unpaired) electrons. The van der Waals surface area contributed by atoms with Crippen molar-refractivity contribution in [3.8, 4) is 0 Å². The molecule has 4 nitrogen and oxygen atoms in total. The Bertz CT molecular complexity index is 725. The highest BCUT2D eigenvalue weighted by molar-refractivity contribution is 5.89. The molecule has 116 valence electrons. The van der Waals surface area contributed by atoms with E-state index in [0.29, 0.717) is 13.1 Å². The second-order valence-corrected chi connectivity index (χ2v) is 5.22. The third kappa shape index (κ3) is 4.23. The Morgan fingerprint density at radius 3 is 2.22 bits per heavy atom. The highest BCUT2D eigenvalue weighted by Gasteiger charge is 2.16. The van der Waals surface area contributed by atoms with Gasteiger partial charge in [-0.05, 0) is 29.8 Å². The minimum absolute atomic E-state index is 0.156. The summed E-state index contributed by atoms with van der Waals surface area (Å²) in [5.74, 6) is 0.754. The van der Waals surface area contributed by atoms with E-state index >= 15 is 0 Å². The molecule has 2 aromatic carbocycles. The number of rotatable bonds is 5. The van der Waals surface area contributed by atoms with Crippen LogP contribution in [-0.2, 0) is 13.1 Å². The molecule has 3 rings (SSSR count). The van der Waals surface area contributed by atoms with Crippen LogP contribution in [0.2, 0.25) is 0 Å². The van der Waals surface area contributed by atoms with Gasteiger partial charge in [0.1, 0.15) is 5.76 Å². The van der Waals surface area contributed by atoms with Gasteiger partial charge in [-0.3, -0.25) is 0 Å². The molecule has 0 saturated carbocycles. The van der Waals surface area contributed by atoms with E-state index < -0.39 is 0 Å². The quantitative estimate of drug-likeness (QED) is 0.753. The molecule has 0 atom stereocenters. The summed E-state index contributed by atoms with van der Waals surface area (Å²) in [5.41, 5.74) is 1.84. The van der Waals surface area contributed by atoms with E-state index in [9.17, 15) is 4.79 Å². The predicted molar refractivity (Wildman–Crippen MR) is 89.9 cm³/mol. The van der Waals surface area contributed by atoms with Gasteiger partial charge in [0.15, 0.2) is 0 Å². The summed E-state index contributed by atoms with van der Waals surface area (Å²) < 4.78 is 5.38. The van der Waals surface area contributed by atoms with E-state index in [0.717, 1.165) is 17.0 Å². The van der Waals surface area contributed by atoms with Gasteiger partial charge in [0.2, 0.25) is 0 Å². The number of benzene rings is 2. The lowest BCUT2D eigenvalue weighted by atomic mass is 10.2. The average Bonchev–Trinajstić information content (AvgIpc) is 3.09. The fraction of sp³-hybridized carbons (Fsp3) is 0.105. The van der Waals surface area contributed by atoms with Gasteiger partial charge in [-0.2, -0.15) is 0 Å². The van der Waals surface area contributed by atoms with E-state index in [1.165, 1.54) is 0 Å². The normalized spacial score (nSPS) is 10.3. The molecule has 0 unspecified atom stereocenters. The van der Waals surface area contributed by atoms with Crippen molar-refractivity contribution in [3.05, 3.63) is 90.4 Å². The first kappa shape index (κ1) is 14.9. The maximum Gasteiger partial charge on any atom is 0.322 e. The molecule has 3 aromatic rings. The van der Waals surface area contributed by atoms with Crippen LogP contribution in [0.15, 0.2) is 83.5 Å². The van der Waals surface area contributed by atoms with Gasteiger partial charge in [0.25, 0.3) is 0 Å². The third-order valence-electron chi connectivity index (χ3n) is 3.46. The largest absolute Gasteiger partial charge is 0.467 e. The number of nitrogens with one attached hydrogen (secondary N) is 1. The second-order valence-electron chi connectivity index (χ2n) is 5.22. The molecule has 23 heavy (non-hydrogen) atoms. The Morgan fingerprint density at radius 2 is 1.57 bits per heavy atom. The number of amides is 2. The maximum atomic E-state index is 12.6. The summed E-state index contributed by atoms with van der Waals surface area (Å²) in [6.07, 6.45) is 1.62. The Balaban J connectivity index is 1.75. The minimum Gasteiger partial charge on any atom is -0.467 e. The summed E-state index contributed by atoms with van der Waals surface area (Å²) in [6.45, 7) is 0.931. The molecule has 1 aromatic heterocycles. The molecule has 0 spiro atoms. The molecule has 0 aliphatic carbocycles. The van der Waals surface area contributed by atoms with E-state index in [1.807, 2.05) is 72.8 Å². The number of carbonyl (C=O) groups excluding carboxylic acids is 1. The molecule has 0 saturated heterocycles. The van der Waals surface area contributed by atoms with E-state index in [2.05, 4.69) is 5.32 Å². The van der Waals surface area contributed by atoms with Crippen molar-refractivity contribution in [1.29, 1.82) is 0 Å². The number of anilines is 1. The van der Waals surface area contributed by atoms with Gasteiger partial charge in [0.05, 0.1) is 12.8 Å². The first-order chi connectivity index (χ1) is 11.3. The summed E-state index contributed by atoms with van der Waals surface area (Å²) >= 11 is 0. The maximum absolute atomic E-state index is 12.6. The first-order valence-corrected chi connectivity index (χ1v) is 7.48. The molecular formula is C19H18N2O2. The SMILES string of the molecule is O=C(Nc1ccccc1)N(Cc1ccccc1)Cc1ccco1. The van der Waals surface area contributed by atoms with Gasteiger partial charge >= 0.3 is 6.03 Å².